The maximum atomic E-state index is 3.90. The minimum atomic E-state index is 0. The van der Waals surface area contributed by atoms with E-state index in [-0.39, 0.29) is 21.7 Å². The number of hydrogen-bond donors (Lipinski definition) is 0. The SMILES string of the molecule is CCCCC1=[C-]CC=C1.[CH2-]c1ccccc1N(C)C.[Ti+2]. The zero-order valence-electron chi connectivity index (χ0n) is 12.9. The Hall–Kier alpha value is -0.916. The molecule has 0 heterocycles. The summed E-state index contributed by atoms with van der Waals surface area (Å²) in [5.74, 6) is 0. The van der Waals surface area contributed by atoms with Gasteiger partial charge in [-0.3, -0.25) is 6.08 Å². The number of hydrogen-bond acceptors (Lipinski definition) is 1. The Morgan fingerprint density at radius 2 is 1.95 bits per heavy atom. The Balaban J connectivity index is 0.000000345. The maximum absolute atomic E-state index is 3.90. The summed E-state index contributed by atoms with van der Waals surface area (Å²) in [5.41, 5.74) is 3.67. The van der Waals surface area contributed by atoms with Crippen LogP contribution in [-0.4, -0.2) is 14.1 Å². The fraction of sp³-hybridized carbons (Fsp3) is 0.389. The Morgan fingerprint density at radius 3 is 2.40 bits per heavy atom. The van der Waals surface area contributed by atoms with E-state index in [0.29, 0.717) is 0 Å². The predicted molar refractivity (Wildman–Crippen MR) is 85.3 cm³/mol. The predicted octanol–water partition coefficient (Wildman–Crippen LogP) is 4.80. The van der Waals surface area contributed by atoms with Gasteiger partial charge in [0.05, 0.1) is 0 Å². The molecule has 0 aliphatic heterocycles. The number of para-hydroxylation sites is 1. The molecule has 0 N–H and O–H groups in total. The van der Waals surface area contributed by atoms with Crippen molar-refractivity contribution in [2.45, 2.75) is 32.6 Å². The zero-order valence-corrected chi connectivity index (χ0v) is 14.5. The molecule has 1 aliphatic rings. The third kappa shape index (κ3) is 7.02. The van der Waals surface area contributed by atoms with E-state index in [1.165, 1.54) is 30.5 Å². The summed E-state index contributed by atoms with van der Waals surface area (Å²) in [6.45, 7) is 6.12. The molecule has 0 fully saturated rings. The van der Waals surface area contributed by atoms with Crippen LogP contribution in [0.1, 0.15) is 38.2 Å². The van der Waals surface area contributed by atoms with Crippen LogP contribution in [0.25, 0.3) is 0 Å². The van der Waals surface area contributed by atoms with Gasteiger partial charge in [0, 0.05) is 0 Å². The molecular weight excluding hydrogens is 278 g/mol. The molecule has 0 atom stereocenters. The fourth-order valence-electron chi connectivity index (χ4n) is 1.94. The molecular formula is C18H25NTi. The van der Waals surface area contributed by atoms with E-state index in [4.69, 9.17) is 0 Å². The van der Waals surface area contributed by atoms with Gasteiger partial charge >= 0.3 is 21.7 Å². The third-order valence-corrected chi connectivity index (χ3v) is 3.04. The first-order valence-electron chi connectivity index (χ1n) is 6.99. The van der Waals surface area contributed by atoms with E-state index in [2.05, 4.69) is 43.0 Å². The third-order valence-electron chi connectivity index (χ3n) is 3.04. The van der Waals surface area contributed by atoms with Crippen molar-refractivity contribution >= 4 is 5.69 Å². The van der Waals surface area contributed by atoms with Crippen LogP contribution in [0.2, 0.25) is 0 Å². The van der Waals surface area contributed by atoms with Crippen molar-refractivity contribution in [3.8, 4) is 0 Å². The summed E-state index contributed by atoms with van der Waals surface area (Å²) < 4.78 is 0. The number of benzene rings is 1. The molecule has 0 saturated heterocycles. The van der Waals surface area contributed by atoms with E-state index >= 15 is 0 Å². The maximum Gasteiger partial charge on any atom is 2.00 e. The fourth-order valence-corrected chi connectivity index (χ4v) is 1.94. The molecule has 0 spiro atoms. The minimum absolute atomic E-state index is 0. The van der Waals surface area contributed by atoms with Gasteiger partial charge in [-0.05, 0) is 14.1 Å². The van der Waals surface area contributed by atoms with Crippen molar-refractivity contribution in [2.75, 3.05) is 19.0 Å². The molecule has 1 nitrogen and oxygen atoms in total. The molecule has 106 valence electrons. The van der Waals surface area contributed by atoms with E-state index in [1.54, 1.807) is 0 Å². The molecule has 1 aromatic rings. The van der Waals surface area contributed by atoms with Crippen molar-refractivity contribution in [3.05, 3.63) is 60.6 Å². The Bertz CT molecular complexity index is 433. The Kier molecular flexibility index (Phi) is 10.3. The van der Waals surface area contributed by atoms with Crippen molar-refractivity contribution in [1.29, 1.82) is 0 Å². The quantitative estimate of drug-likeness (QED) is 0.570. The standard InChI is InChI=1S/C9H12N.C9H13.Ti/c1-8-6-4-5-7-9(8)10(2)3;1-2-3-6-9-7-4-5-8-9;/h4-7H,1H2,2-3H3;4,7H,2-3,5-6H2,1H3;/q2*-1;+2. The van der Waals surface area contributed by atoms with Gasteiger partial charge in [0.1, 0.15) is 0 Å². The first-order chi connectivity index (χ1) is 9.15. The number of anilines is 1. The van der Waals surface area contributed by atoms with Crippen LogP contribution in [0, 0.1) is 13.0 Å². The number of allylic oxidation sites excluding steroid dienone is 4. The molecule has 0 radical (unpaired) electrons. The minimum Gasteiger partial charge on any atom is -0.428 e. The van der Waals surface area contributed by atoms with Crippen molar-refractivity contribution in [1.82, 2.24) is 0 Å². The molecule has 2 rings (SSSR count). The number of nitrogens with zero attached hydrogens (tertiary/aromatic N) is 1. The summed E-state index contributed by atoms with van der Waals surface area (Å²) in [6.07, 6.45) is 12.5. The Labute approximate surface area is 139 Å². The molecule has 0 saturated carbocycles. The van der Waals surface area contributed by atoms with Crippen LogP contribution < -0.4 is 4.90 Å². The largest absolute Gasteiger partial charge is 2.00 e. The Morgan fingerprint density at radius 1 is 1.25 bits per heavy atom. The second-order valence-corrected chi connectivity index (χ2v) is 4.94. The molecule has 0 aromatic heterocycles. The molecule has 2 heteroatoms. The average molecular weight is 303 g/mol. The summed E-state index contributed by atoms with van der Waals surface area (Å²) in [5, 5.41) is 0. The zero-order chi connectivity index (χ0) is 14.1. The van der Waals surface area contributed by atoms with Gasteiger partial charge < -0.3 is 4.90 Å². The van der Waals surface area contributed by atoms with Crippen LogP contribution >= 0.6 is 0 Å². The molecule has 1 aromatic carbocycles. The van der Waals surface area contributed by atoms with Crippen LogP contribution in [0.15, 0.2) is 42.0 Å². The van der Waals surface area contributed by atoms with Crippen molar-refractivity contribution in [2.24, 2.45) is 0 Å². The van der Waals surface area contributed by atoms with Crippen LogP contribution in [0.4, 0.5) is 5.69 Å². The van der Waals surface area contributed by atoms with E-state index in [9.17, 15) is 0 Å². The van der Waals surface area contributed by atoms with Gasteiger partial charge in [0.25, 0.3) is 0 Å². The first-order valence-corrected chi connectivity index (χ1v) is 6.99. The molecule has 0 amide bonds. The number of rotatable bonds is 4. The first kappa shape index (κ1) is 19.1. The second-order valence-electron chi connectivity index (χ2n) is 4.94. The van der Waals surface area contributed by atoms with Gasteiger partial charge in [-0.15, -0.1) is 12.5 Å². The van der Waals surface area contributed by atoms with Crippen LogP contribution in [-0.2, 0) is 21.7 Å². The molecule has 20 heavy (non-hydrogen) atoms. The summed E-state index contributed by atoms with van der Waals surface area (Å²) in [6, 6.07) is 8.08. The molecule has 0 unspecified atom stereocenters. The van der Waals surface area contributed by atoms with Crippen molar-refractivity contribution in [3.63, 3.8) is 0 Å². The van der Waals surface area contributed by atoms with Gasteiger partial charge in [0.15, 0.2) is 0 Å². The summed E-state index contributed by atoms with van der Waals surface area (Å²) in [4.78, 5) is 2.06. The van der Waals surface area contributed by atoms with Gasteiger partial charge in [-0.2, -0.15) is 24.6 Å². The van der Waals surface area contributed by atoms with Gasteiger partial charge in [-0.1, -0.05) is 44.0 Å². The van der Waals surface area contributed by atoms with E-state index in [0.717, 1.165) is 12.0 Å². The normalized spacial score (nSPS) is 12.1. The molecule has 1 aliphatic carbocycles. The van der Waals surface area contributed by atoms with Crippen LogP contribution in [0.3, 0.4) is 0 Å². The van der Waals surface area contributed by atoms with E-state index in [1.807, 2.05) is 32.3 Å². The monoisotopic (exact) mass is 303 g/mol. The van der Waals surface area contributed by atoms with Gasteiger partial charge in [0.2, 0.25) is 0 Å². The van der Waals surface area contributed by atoms with E-state index < -0.39 is 0 Å². The summed E-state index contributed by atoms with van der Waals surface area (Å²) >= 11 is 0. The second kappa shape index (κ2) is 10.8. The molecule has 0 bridgehead atoms. The smallest absolute Gasteiger partial charge is 0.428 e. The number of unbranched alkanes of at least 4 members (excludes halogenated alkanes) is 1. The van der Waals surface area contributed by atoms with Crippen LogP contribution in [0.5, 0.6) is 0 Å². The topological polar surface area (TPSA) is 3.24 Å². The summed E-state index contributed by atoms with van der Waals surface area (Å²) in [7, 11) is 4.04. The van der Waals surface area contributed by atoms with Gasteiger partial charge in [-0.25, -0.2) is 11.6 Å². The average Bonchev–Trinajstić information content (AvgIpc) is 2.90. The van der Waals surface area contributed by atoms with Crippen molar-refractivity contribution < 1.29 is 21.7 Å².